The highest BCUT2D eigenvalue weighted by Crippen LogP contribution is 2.07. The minimum Gasteiger partial charge on any atom is -0.444 e. The Kier molecular flexibility index (Phi) is 3.93. The Morgan fingerprint density at radius 2 is 2.29 bits per heavy atom. The number of nitrogens with zero attached hydrogens (tertiary/aromatic N) is 3. The summed E-state index contributed by atoms with van der Waals surface area (Å²) in [7, 11) is 0. The Balaban J connectivity index is 1.63. The van der Waals surface area contributed by atoms with Crippen molar-refractivity contribution in [2.24, 2.45) is 0 Å². The highest BCUT2D eigenvalue weighted by molar-refractivity contribution is 5.04. The Labute approximate surface area is 101 Å². The highest BCUT2D eigenvalue weighted by atomic mass is 16.4. The molecule has 0 aliphatic carbocycles. The van der Waals surface area contributed by atoms with Crippen molar-refractivity contribution in [3.05, 3.63) is 35.8 Å². The highest BCUT2D eigenvalue weighted by Gasteiger charge is 2.03. The van der Waals surface area contributed by atoms with E-state index >= 15 is 0 Å². The molecule has 0 bridgehead atoms. The molecule has 0 radical (unpaired) electrons. The maximum absolute atomic E-state index is 5.48. The van der Waals surface area contributed by atoms with Crippen LogP contribution in [0, 0.1) is 13.8 Å². The van der Waals surface area contributed by atoms with Gasteiger partial charge in [0.25, 0.3) is 0 Å². The predicted octanol–water partition coefficient (Wildman–Crippen LogP) is 1.67. The normalized spacial score (nSPS) is 10.9. The Hall–Kier alpha value is -1.62. The molecule has 92 valence electrons. The summed E-state index contributed by atoms with van der Waals surface area (Å²) in [5.74, 6) is 1.66. The Bertz CT molecular complexity index is 428. The van der Waals surface area contributed by atoms with Crippen LogP contribution in [0.25, 0.3) is 0 Å². The SMILES string of the molecule is Cc1nc(CNCCCn2cccn2)oc1C. The van der Waals surface area contributed by atoms with E-state index in [4.69, 9.17) is 4.42 Å². The van der Waals surface area contributed by atoms with E-state index in [1.807, 2.05) is 30.8 Å². The molecule has 0 saturated heterocycles. The molecule has 0 aliphatic heterocycles. The van der Waals surface area contributed by atoms with Crippen LogP contribution in [0.4, 0.5) is 0 Å². The average Bonchev–Trinajstić information content (AvgIpc) is 2.90. The molecule has 1 N–H and O–H groups in total. The molecular formula is C12H18N4O. The topological polar surface area (TPSA) is 55.9 Å². The van der Waals surface area contributed by atoms with Crippen LogP contribution >= 0.6 is 0 Å². The average molecular weight is 234 g/mol. The summed E-state index contributed by atoms with van der Waals surface area (Å²) in [5, 5.41) is 7.45. The van der Waals surface area contributed by atoms with Gasteiger partial charge in [0.2, 0.25) is 5.89 Å². The van der Waals surface area contributed by atoms with E-state index in [1.165, 1.54) is 0 Å². The summed E-state index contributed by atoms with van der Waals surface area (Å²) in [6.45, 7) is 6.45. The second kappa shape index (κ2) is 5.63. The maximum Gasteiger partial charge on any atom is 0.208 e. The minimum absolute atomic E-state index is 0.688. The third-order valence-corrected chi connectivity index (χ3v) is 2.65. The number of hydrogen-bond donors (Lipinski definition) is 1. The molecule has 0 atom stereocenters. The van der Waals surface area contributed by atoms with Crippen LogP contribution in [-0.4, -0.2) is 21.3 Å². The molecule has 0 spiro atoms. The van der Waals surface area contributed by atoms with Gasteiger partial charge in [-0.2, -0.15) is 5.10 Å². The van der Waals surface area contributed by atoms with Crippen molar-refractivity contribution < 1.29 is 4.42 Å². The fourth-order valence-electron chi connectivity index (χ4n) is 1.61. The third-order valence-electron chi connectivity index (χ3n) is 2.65. The maximum atomic E-state index is 5.48. The van der Waals surface area contributed by atoms with Gasteiger partial charge in [-0.1, -0.05) is 0 Å². The zero-order chi connectivity index (χ0) is 12.1. The lowest BCUT2D eigenvalue weighted by Crippen LogP contribution is -2.16. The molecule has 0 aliphatic rings. The van der Waals surface area contributed by atoms with E-state index in [9.17, 15) is 0 Å². The Morgan fingerprint density at radius 1 is 1.41 bits per heavy atom. The molecule has 5 nitrogen and oxygen atoms in total. The van der Waals surface area contributed by atoms with Gasteiger partial charge in [0, 0.05) is 18.9 Å². The van der Waals surface area contributed by atoms with Crippen molar-refractivity contribution >= 4 is 0 Å². The molecule has 0 saturated carbocycles. The monoisotopic (exact) mass is 234 g/mol. The molecule has 5 heteroatoms. The van der Waals surface area contributed by atoms with Crippen molar-refractivity contribution in [1.29, 1.82) is 0 Å². The first-order valence-electron chi connectivity index (χ1n) is 5.87. The van der Waals surface area contributed by atoms with Gasteiger partial charge >= 0.3 is 0 Å². The molecule has 0 fully saturated rings. The van der Waals surface area contributed by atoms with E-state index in [1.54, 1.807) is 6.20 Å². The van der Waals surface area contributed by atoms with E-state index in [2.05, 4.69) is 15.4 Å². The minimum atomic E-state index is 0.688. The van der Waals surface area contributed by atoms with Crippen molar-refractivity contribution in [1.82, 2.24) is 20.1 Å². The second-order valence-electron chi connectivity index (χ2n) is 4.05. The molecule has 2 rings (SSSR count). The fraction of sp³-hybridized carbons (Fsp3) is 0.500. The molecule has 2 heterocycles. The van der Waals surface area contributed by atoms with Gasteiger partial charge in [-0.15, -0.1) is 0 Å². The summed E-state index contributed by atoms with van der Waals surface area (Å²) >= 11 is 0. The Morgan fingerprint density at radius 3 is 2.94 bits per heavy atom. The molecular weight excluding hydrogens is 216 g/mol. The molecule has 0 amide bonds. The number of aromatic nitrogens is 3. The van der Waals surface area contributed by atoms with Gasteiger partial charge in [0.05, 0.1) is 12.2 Å². The number of nitrogens with one attached hydrogen (secondary N) is 1. The molecule has 17 heavy (non-hydrogen) atoms. The van der Waals surface area contributed by atoms with E-state index in [0.717, 1.165) is 36.9 Å². The first-order chi connectivity index (χ1) is 8.25. The number of rotatable bonds is 6. The van der Waals surface area contributed by atoms with E-state index < -0.39 is 0 Å². The lowest BCUT2D eigenvalue weighted by atomic mass is 10.4. The summed E-state index contributed by atoms with van der Waals surface area (Å²) in [4.78, 5) is 4.31. The standard InChI is InChI=1S/C12H18N4O/c1-10-11(2)17-12(15-10)9-13-5-3-7-16-8-4-6-14-16/h4,6,8,13H,3,5,7,9H2,1-2H3. The van der Waals surface area contributed by atoms with Gasteiger partial charge in [0.1, 0.15) is 5.76 Å². The lowest BCUT2D eigenvalue weighted by molar-refractivity contribution is 0.442. The van der Waals surface area contributed by atoms with Crippen LogP contribution in [0.3, 0.4) is 0 Å². The van der Waals surface area contributed by atoms with Crippen LogP contribution in [0.5, 0.6) is 0 Å². The first kappa shape index (κ1) is 11.9. The number of oxazole rings is 1. The van der Waals surface area contributed by atoms with Gasteiger partial charge < -0.3 is 9.73 Å². The predicted molar refractivity (Wildman–Crippen MR) is 64.5 cm³/mol. The fourth-order valence-corrected chi connectivity index (χ4v) is 1.61. The third kappa shape index (κ3) is 3.42. The van der Waals surface area contributed by atoms with Crippen molar-refractivity contribution in [3.8, 4) is 0 Å². The quantitative estimate of drug-likeness (QED) is 0.772. The zero-order valence-corrected chi connectivity index (χ0v) is 10.3. The smallest absolute Gasteiger partial charge is 0.208 e. The van der Waals surface area contributed by atoms with Crippen molar-refractivity contribution in [3.63, 3.8) is 0 Å². The number of aryl methyl sites for hydroxylation is 3. The summed E-state index contributed by atoms with van der Waals surface area (Å²) < 4.78 is 7.41. The molecule has 2 aromatic rings. The van der Waals surface area contributed by atoms with Gasteiger partial charge in [0.15, 0.2) is 0 Å². The largest absolute Gasteiger partial charge is 0.444 e. The molecule has 0 unspecified atom stereocenters. The summed E-state index contributed by atoms with van der Waals surface area (Å²) in [6.07, 6.45) is 4.81. The van der Waals surface area contributed by atoms with Crippen LogP contribution in [0.1, 0.15) is 23.8 Å². The first-order valence-corrected chi connectivity index (χ1v) is 5.87. The van der Waals surface area contributed by atoms with Crippen molar-refractivity contribution in [2.75, 3.05) is 6.54 Å². The molecule has 0 aromatic carbocycles. The number of hydrogen-bond acceptors (Lipinski definition) is 4. The second-order valence-corrected chi connectivity index (χ2v) is 4.05. The lowest BCUT2D eigenvalue weighted by Gasteiger charge is -2.02. The van der Waals surface area contributed by atoms with Crippen LogP contribution in [0.2, 0.25) is 0 Å². The zero-order valence-electron chi connectivity index (χ0n) is 10.3. The molecule has 2 aromatic heterocycles. The summed E-state index contributed by atoms with van der Waals surface area (Å²) in [6, 6.07) is 1.94. The van der Waals surface area contributed by atoms with Crippen LogP contribution < -0.4 is 5.32 Å². The van der Waals surface area contributed by atoms with Crippen molar-refractivity contribution in [2.45, 2.75) is 33.4 Å². The van der Waals surface area contributed by atoms with E-state index in [-0.39, 0.29) is 0 Å². The van der Waals surface area contributed by atoms with E-state index in [0.29, 0.717) is 6.54 Å². The summed E-state index contributed by atoms with van der Waals surface area (Å²) in [5.41, 5.74) is 0.971. The van der Waals surface area contributed by atoms with Gasteiger partial charge in [-0.3, -0.25) is 4.68 Å². The van der Waals surface area contributed by atoms with Gasteiger partial charge in [-0.25, -0.2) is 4.98 Å². The van der Waals surface area contributed by atoms with Crippen LogP contribution in [-0.2, 0) is 13.1 Å². The van der Waals surface area contributed by atoms with Gasteiger partial charge in [-0.05, 0) is 32.9 Å². The van der Waals surface area contributed by atoms with Crippen LogP contribution in [0.15, 0.2) is 22.9 Å².